The monoisotopic (exact) mass is 571 g/mol. The van der Waals surface area contributed by atoms with Crippen LogP contribution in [0.1, 0.15) is 11.1 Å². The average molecular weight is 571 g/mol. The van der Waals surface area contributed by atoms with Crippen molar-refractivity contribution in [3.8, 4) is 28.7 Å². The molecule has 206 valence electrons. The third-order valence-corrected chi connectivity index (χ3v) is 7.96. The summed E-state index contributed by atoms with van der Waals surface area (Å²) < 4.78 is 96.3. The highest BCUT2D eigenvalue weighted by molar-refractivity contribution is 6.98. The fourth-order valence-corrected chi connectivity index (χ4v) is 6.16. The highest BCUT2D eigenvalue weighted by atomic mass is 19.4. The minimum absolute atomic E-state index is 0.0488. The first kappa shape index (κ1) is 24.9. The molecule has 0 atom stereocenters. The van der Waals surface area contributed by atoms with Gasteiger partial charge in [-0.1, -0.05) is 36.4 Å². The van der Waals surface area contributed by atoms with E-state index in [2.05, 4.69) is 0 Å². The quantitative estimate of drug-likeness (QED) is 0.150. The Balaban J connectivity index is 1.42. The Kier molecular flexibility index (Phi) is 4.95. The Morgan fingerprint density at radius 2 is 0.976 bits per heavy atom. The van der Waals surface area contributed by atoms with Crippen LogP contribution in [0.4, 0.5) is 26.3 Å². The molecule has 0 amide bonds. The van der Waals surface area contributed by atoms with Crippen LogP contribution in [0.25, 0.3) is 27.5 Å². The second-order valence-electron chi connectivity index (χ2n) is 10.4. The van der Waals surface area contributed by atoms with Gasteiger partial charge in [-0.05, 0) is 59.5 Å². The molecule has 0 spiro atoms. The van der Waals surface area contributed by atoms with Gasteiger partial charge in [-0.15, -0.1) is 0 Å². The van der Waals surface area contributed by atoms with E-state index in [1.807, 2.05) is 48.5 Å². The number of benzene rings is 5. The molecule has 6 aromatic rings. The van der Waals surface area contributed by atoms with Crippen molar-refractivity contribution in [3.05, 3.63) is 108 Å². The van der Waals surface area contributed by atoms with E-state index in [4.69, 9.17) is 9.47 Å². The topological polar surface area (TPSA) is 23.4 Å². The highest BCUT2D eigenvalue weighted by Gasteiger charge is 2.40. The zero-order valence-electron chi connectivity index (χ0n) is 21.3. The van der Waals surface area contributed by atoms with Crippen LogP contribution in [0.2, 0.25) is 0 Å². The van der Waals surface area contributed by atoms with Crippen molar-refractivity contribution in [3.63, 3.8) is 0 Å². The largest absolute Gasteiger partial charge is 0.458 e. The van der Waals surface area contributed by atoms with Crippen LogP contribution in [0, 0.1) is 0 Å². The van der Waals surface area contributed by atoms with Gasteiger partial charge in [0, 0.05) is 28.4 Å². The summed E-state index contributed by atoms with van der Waals surface area (Å²) in [6, 6.07) is 25.0. The van der Waals surface area contributed by atoms with Crippen LogP contribution in [0.3, 0.4) is 0 Å². The van der Waals surface area contributed by atoms with E-state index in [-0.39, 0.29) is 17.5 Å². The van der Waals surface area contributed by atoms with Gasteiger partial charge < -0.3 is 14.0 Å². The summed E-state index contributed by atoms with van der Waals surface area (Å²) in [4.78, 5) is 0. The summed E-state index contributed by atoms with van der Waals surface area (Å²) in [5.41, 5.74) is 1.93. The van der Waals surface area contributed by atoms with Gasteiger partial charge >= 0.3 is 12.4 Å². The number of hydrogen-bond donors (Lipinski definition) is 0. The molecule has 0 bridgehead atoms. The van der Waals surface area contributed by atoms with Crippen molar-refractivity contribution < 1.29 is 35.8 Å². The van der Waals surface area contributed by atoms with Crippen LogP contribution >= 0.6 is 0 Å². The predicted molar refractivity (Wildman–Crippen MR) is 148 cm³/mol. The summed E-state index contributed by atoms with van der Waals surface area (Å²) >= 11 is 0. The SMILES string of the molecule is FC(F)(F)c1ccc2c(c1)c1cc(C(F)(F)F)ccc1n2-c1cc2c3c(c1)Oc1ccccc1B3c1ccccc1O2. The lowest BCUT2D eigenvalue weighted by molar-refractivity contribution is -0.138. The van der Waals surface area contributed by atoms with Gasteiger partial charge in [0.15, 0.2) is 0 Å². The number of ether oxygens (including phenoxy) is 2. The maximum absolute atomic E-state index is 13.7. The van der Waals surface area contributed by atoms with E-state index in [1.165, 1.54) is 12.1 Å². The molecule has 0 fully saturated rings. The van der Waals surface area contributed by atoms with Crippen LogP contribution in [0.15, 0.2) is 97.1 Å². The Morgan fingerprint density at radius 3 is 1.43 bits per heavy atom. The van der Waals surface area contributed by atoms with Crippen molar-refractivity contribution in [2.24, 2.45) is 0 Å². The second kappa shape index (κ2) is 8.34. The molecule has 0 saturated heterocycles. The summed E-state index contributed by atoms with van der Waals surface area (Å²) in [5.74, 6) is 2.30. The molecule has 3 nitrogen and oxygen atoms in total. The summed E-state index contributed by atoms with van der Waals surface area (Å²) in [7, 11) is 0. The van der Waals surface area contributed by atoms with E-state index >= 15 is 0 Å². The lowest BCUT2D eigenvalue weighted by Crippen LogP contribution is -2.57. The Hall–Kier alpha value is -4.86. The summed E-state index contributed by atoms with van der Waals surface area (Å²) in [6.07, 6.45) is -9.34. The fourth-order valence-electron chi connectivity index (χ4n) is 6.16. The fraction of sp³-hybridized carbons (Fsp3) is 0.0625. The van der Waals surface area contributed by atoms with Crippen molar-refractivity contribution in [1.29, 1.82) is 0 Å². The molecule has 42 heavy (non-hydrogen) atoms. The molecule has 1 aromatic heterocycles. The first-order chi connectivity index (χ1) is 20.1. The highest BCUT2D eigenvalue weighted by Crippen LogP contribution is 2.42. The minimum atomic E-state index is -4.67. The standard InChI is InChI=1S/C32H16BF6NO2/c34-31(35,36)17-9-11-24-20(13-17)21-14-18(32(37,38)39)10-12-25(21)40(24)19-15-28-30-29(16-19)42-27-8-4-2-6-23(27)33(30)22-5-1-3-7-26(22)41-28/h1-16H. The van der Waals surface area contributed by atoms with Crippen LogP contribution in [0.5, 0.6) is 23.0 Å². The third kappa shape index (κ3) is 3.57. The number of alkyl halides is 6. The molecule has 0 radical (unpaired) electrons. The van der Waals surface area contributed by atoms with E-state index in [0.717, 1.165) is 40.7 Å². The molecular weight excluding hydrogens is 555 g/mol. The van der Waals surface area contributed by atoms with Gasteiger partial charge in [-0.3, -0.25) is 0 Å². The van der Waals surface area contributed by atoms with Gasteiger partial charge in [0.2, 0.25) is 0 Å². The average Bonchev–Trinajstić information content (AvgIpc) is 3.29. The maximum atomic E-state index is 13.7. The first-order valence-electron chi connectivity index (χ1n) is 13.0. The molecule has 8 rings (SSSR count). The molecule has 0 aliphatic carbocycles. The number of para-hydroxylation sites is 2. The van der Waals surface area contributed by atoms with E-state index < -0.39 is 23.5 Å². The van der Waals surface area contributed by atoms with E-state index in [1.54, 1.807) is 16.7 Å². The van der Waals surface area contributed by atoms with E-state index in [0.29, 0.717) is 39.7 Å². The van der Waals surface area contributed by atoms with E-state index in [9.17, 15) is 26.3 Å². The van der Waals surface area contributed by atoms with Gasteiger partial charge in [0.1, 0.15) is 23.0 Å². The molecule has 0 saturated carbocycles. The normalized spacial score (nSPS) is 13.8. The lowest BCUT2D eigenvalue weighted by atomic mass is 9.35. The molecule has 10 heteroatoms. The number of aromatic nitrogens is 1. The molecule has 2 aliphatic rings. The number of fused-ring (bicyclic) bond motifs is 7. The molecular formula is C32H16BF6NO2. The van der Waals surface area contributed by atoms with Crippen molar-refractivity contribution in [2.75, 3.05) is 0 Å². The Bertz CT molecular complexity index is 1950. The van der Waals surface area contributed by atoms with Crippen LogP contribution < -0.4 is 25.9 Å². The summed E-state index contributed by atoms with van der Waals surface area (Å²) in [5, 5.41) is 0.0976. The van der Waals surface area contributed by atoms with Crippen LogP contribution in [-0.4, -0.2) is 11.3 Å². The number of nitrogens with zero attached hydrogens (tertiary/aromatic N) is 1. The maximum Gasteiger partial charge on any atom is 0.416 e. The van der Waals surface area contributed by atoms with Gasteiger partial charge in [0.25, 0.3) is 6.71 Å². The second-order valence-corrected chi connectivity index (χ2v) is 10.4. The first-order valence-corrected chi connectivity index (χ1v) is 13.0. The summed E-state index contributed by atoms with van der Waals surface area (Å²) in [6.45, 7) is -0.180. The van der Waals surface area contributed by atoms with Crippen molar-refractivity contribution in [1.82, 2.24) is 4.57 Å². The van der Waals surface area contributed by atoms with Crippen LogP contribution in [-0.2, 0) is 12.4 Å². The van der Waals surface area contributed by atoms with Gasteiger partial charge in [-0.2, -0.15) is 26.3 Å². The zero-order valence-corrected chi connectivity index (χ0v) is 21.3. The van der Waals surface area contributed by atoms with Gasteiger partial charge in [-0.25, -0.2) is 0 Å². The van der Waals surface area contributed by atoms with Crippen molar-refractivity contribution >= 4 is 44.9 Å². The van der Waals surface area contributed by atoms with Gasteiger partial charge in [0.05, 0.1) is 27.8 Å². The minimum Gasteiger partial charge on any atom is -0.458 e. The Labute approximate surface area is 234 Å². The zero-order chi connectivity index (χ0) is 29.0. The number of halogens is 6. The smallest absolute Gasteiger partial charge is 0.416 e. The molecule has 0 N–H and O–H groups in total. The molecule has 2 aliphatic heterocycles. The van der Waals surface area contributed by atoms with Crippen molar-refractivity contribution in [2.45, 2.75) is 12.4 Å². The number of hydrogen-bond acceptors (Lipinski definition) is 2. The third-order valence-electron chi connectivity index (χ3n) is 7.96. The lowest BCUT2D eigenvalue weighted by Gasteiger charge is -2.33. The molecule has 0 unspecified atom stereocenters. The Morgan fingerprint density at radius 1 is 0.524 bits per heavy atom. The number of rotatable bonds is 1. The molecule has 5 aromatic carbocycles. The predicted octanol–water partition coefficient (Wildman–Crippen LogP) is 7.55. The molecule has 3 heterocycles.